The van der Waals surface area contributed by atoms with E-state index in [2.05, 4.69) is 20.9 Å². The van der Waals surface area contributed by atoms with Gasteiger partial charge in [-0.25, -0.2) is 9.78 Å². The second kappa shape index (κ2) is 6.22. The van der Waals surface area contributed by atoms with Gasteiger partial charge in [0.1, 0.15) is 5.60 Å². The number of carbonyl (C=O) groups excluding carboxylic acids is 1. The summed E-state index contributed by atoms with van der Waals surface area (Å²) in [4.78, 5) is 16.5. The molecule has 124 valence electrons. The highest BCUT2D eigenvalue weighted by Crippen LogP contribution is 2.31. The zero-order valence-corrected chi connectivity index (χ0v) is 14.1. The van der Waals surface area contributed by atoms with Crippen LogP contribution in [0.25, 0.3) is 11.0 Å². The Morgan fingerprint density at radius 3 is 2.87 bits per heavy atom. The third kappa shape index (κ3) is 3.84. The van der Waals surface area contributed by atoms with Crippen LogP contribution in [0.5, 0.6) is 0 Å². The highest BCUT2D eigenvalue weighted by Gasteiger charge is 2.27. The van der Waals surface area contributed by atoms with Gasteiger partial charge in [-0.3, -0.25) is 0 Å². The van der Waals surface area contributed by atoms with Gasteiger partial charge in [0.25, 0.3) is 0 Å². The number of amides is 1. The van der Waals surface area contributed by atoms with Crippen LogP contribution in [0.15, 0.2) is 30.6 Å². The number of rotatable bonds is 2. The molecular formula is C18H25N3O2. The van der Waals surface area contributed by atoms with Crippen molar-refractivity contribution in [3.05, 3.63) is 30.6 Å². The Morgan fingerprint density at radius 1 is 1.30 bits per heavy atom. The van der Waals surface area contributed by atoms with Gasteiger partial charge < -0.3 is 14.6 Å². The molecule has 1 aromatic carbocycles. The Bertz CT molecular complexity index is 687. The third-order valence-electron chi connectivity index (χ3n) is 4.24. The summed E-state index contributed by atoms with van der Waals surface area (Å²) in [6.45, 7) is 5.65. The number of benzene rings is 1. The van der Waals surface area contributed by atoms with Crippen LogP contribution in [0.4, 0.5) is 4.79 Å². The van der Waals surface area contributed by atoms with E-state index in [1.807, 2.05) is 45.3 Å². The standard InChI is InChI=1S/C18H25N3O2/c1-18(2,3)23-17(22)20-13-7-6-8-14(11-13)21-12-19-15-9-4-5-10-16(15)21/h4-5,9-10,12-14H,6-8,11H2,1-3H3,(H,20,22)/t13-,14+/m1/s1. The molecule has 1 heterocycles. The molecule has 23 heavy (non-hydrogen) atoms. The number of nitrogens with one attached hydrogen (secondary N) is 1. The number of hydrogen-bond donors (Lipinski definition) is 1. The smallest absolute Gasteiger partial charge is 0.407 e. The fraction of sp³-hybridized carbons (Fsp3) is 0.556. The van der Waals surface area contributed by atoms with Crippen molar-refractivity contribution in [3.8, 4) is 0 Å². The minimum atomic E-state index is -0.460. The lowest BCUT2D eigenvalue weighted by atomic mass is 9.91. The van der Waals surface area contributed by atoms with Crippen molar-refractivity contribution < 1.29 is 9.53 Å². The predicted octanol–water partition coefficient (Wildman–Crippen LogP) is 4.04. The summed E-state index contributed by atoms with van der Waals surface area (Å²) in [6.07, 6.45) is 5.73. The van der Waals surface area contributed by atoms with Gasteiger partial charge in [0, 0.05) is 12.1 Å². The number of nitrogens with zero attached hydrogens (tertiary/aromatic N) is 2. The van der Waals surface area contributed by atoms with E-state index in [-0.39, 0.29) is 12.1 Å². The van der Waals surface area contributed by atoms with Crippen LogP contribution in [0, 0.1) is 0 Å². The van der Waals surface area contributed by atoms with E-state index in [0.717, 1.165) is 36.7 Å². The number of carbonyl (C=O) groups is 1. The molecule has 1 fully saturated rings. The molecule has 5 heteroatoms. The summed E-state index contributed by atoms with van der Waals surface area (Å²) in [5.41, 5.74) is 1.73. The first-order chi connectivity index (χ1) is 10.9. The molecule has 0 spiro atoms. The van der Waals surface area contributed by atoms with E-state index in [4.69, 9.17) is 4.74 Å². The maximum absolute atomic E-state index is 12.0. The van der Waals surface area contributed by atoms with Gasteiger partial charge in [-0.05, 0) is 58.6 Å². The zero-order chi connectivity index (χ0) is 16.4. The lowest BCUT2D eigenvalue weighted by Crippen LogP contribution is -2.41. The van der Waals surface area contributed by atoms with Crippen molar-refractivity contribution in [1.29, 1.82) is 0 Å². The quantitative estimate of drug-likeness (QED) is 0.909. The average Bonchev–Trinajstić information content (AvgIpc) is 2.89. The van der Waals surface area contributed by atoms with Crippen LogP contribution in [0.2, 0.25) is 0 Å². The molecule has 0 unspecified atom stereocenters. The molecular weight excluding hydrogens is 290 g/mol. The molecule has 1 amide bonds. The third-order valence-corrected chi connectivity index (χ3v) is 4.24. The Morgan fingerprint density at radius 2 is 2.09 bits per heavy atom. The van der Waals surface area contributed by atoms with E-state index in [0.29, 0.717) is 6.04 Å². The van der Waals surface area contributed by atoms with E-state index < -0.39 is 5.60 Å². The van der Waals surface area contributed by atoms with Gasteiger partial charge in [0.2, 0.25) is 0 Å². The number of para-hydroxylation sites is 2. The Balaban J connectivity index is 1.68. The lowest BCUT2D eigenvalue weighted by Gasteiger charge is -2.31. The zero-order valence-electron chi connectivity index (χ0n) is 14.1. The second-order valence-corrected chi connectivity index (χ2v) is 7.30. The Labute approximate surface area is 137 Å². The number of imidazole rings is 1. The Kier molecular flexibility index (Phi) is 4.28. The molecule has 0 aliphatic heterocycles. The fourth-order valence-electron chi connectivity index (χ4n) is 3.29. The van der Waals surface area contributed by atoms with Gasteiger partial charge in [-0.2, -0.15) is 0 Å². The summed E-state index contributed by atoms with van der Waals surface area (Å²) < 4.78 is 7.62. The number of alkyl carbamates (subject to hydrolysis) is 1. The summed E-state index contributed by atoms with van der Waals surface area (Å²) in [7, 11) is 0. The van der Waals surface area contributed by atoms with Crippen molar-refractivity contribution >= 4 is 17.1 Å². The van der Waals surface area contributed by atoms with Crippen molar-refractivity contribution in [2.24, 2.45) is 0 Å². The summed E-state index contributed by atoms with van der Waals surface area (Å²) in [5.74, 6) is 0. The molecule has 1 saturated carbocycles. The van der Waals surface area contributed by atoms with Gasteiger partial charge in [-0.1, -0.05) is 12.1 Å². The van der Waals surface area contributed by atoms with E-state index in [1.54, 1.807) is 0 Å². The van der Waals surface area contributed by atoms with Crippen LogP contribution in [-0.2, 0) is 4.74 Å². The number of fused-ring (bicyclic) bond motifs is 1. The van der Waals surface area contributed by atoms with Crippen molar-refractivity contribution in [1.82, 2.24) is 14.9 Å². The van der Waals surface area contributed by atoms with E-state index >= 15 is 0 Å². The van der Waals surface area contributed by atoms with Gasteiger partial charge >= 0.3 is 6.09 Å². The minimum absolute atomic E-state index is 0.157. The summed E-state index contributed by atoms with van der Waals surface area (Å²) in [5, 5.41) is 3.02. The van der Waals surface area contributed by atoms with Gasteiger partial charge in [0.05, 0.1) is 17.4 Å². The SMILES string of the molecule is CC(C)(C)OC(=O)N[C@@H]1CCC[C@H](n2cnc3ccccc32)C1. The highest BCUT2D eigenvalue weighted by atomic mass is 16.6. The highest BCUT2D eigenvalue weighted by molar-refractivity contribution is 5.75. The molecule has 1 aliphatic rings. The van der Waals surface area contributed by atoms with Crippen molar-refractivity contribution in [3.63, 3.8) is 0 Å². The van der Waals surface area contributed by atoms with Gasteiger partial charge in [-0.15, -0.1) is 0 Å². The van der Waals surface area contributed by atoms with Crippen LogP contribution in [0.1, 0.15) is 52.5 Å². The van der Waals surface area contributed by atoms with Crippen LogP contribution in [0.3, 0.4) is 0 Å². The second-order valence-electron chi connectivity index (χ2n) is 7.30. The largest absolute Gasteiger partial charge is 0.444 e. The fourth-order valence-corrected chi connectivity index (χ4v) is 3.29. The van der Waals surface area contributed by atoms with Crippen molar-refractivity contribution in [2.75, 3.05) is 0 Å². The number of aromatic nitrogens is 2. The average molecular weight is 315 g/mol. The molecule has 5 nitrogen and oxygen atoms in total. The molecule has 2 aromatic rings. The van der Waals surface area contributed by atoms with E-state index in [9.17, 15) is 4.79 Å². The monoisotopic (exact) mass is 315 g/mol. The molecule has 1 aromatic heterocycles. The maximum Gasteiger partial charge on any atom is 0.407 e. The van der Waals surface area contributed by atoms with Crippen LogP contribution >= 0.6 is 0 Å². The van der Waals surface area contributed by atoms with Crippen molar-refractivity contribution in [2.45, 2.75) is 64.1 Å². The summed E-state index contributed by atoms with van der Waals surface area (Å²) in [6, 6.07) is 8.71. The molecule has 0 bridgehead atoms. The maximum atomic E-state index is 12.0. The van der Waals surface area contributed by atoms with E-state index in [1.165, 1.54) is 0 Å². The van der Waals surface area contributed by atoms with Crippen LogP contribution in [-0.4, -0.2) is 27.3 Å². The molecule has 2 atom stereocenters. The molecule has 1 aliphatic carbocycles. The molecule has 0 saturated heterocycles. The molecule has 0 radical (unpaired) electrons. The van der Waals surface area contributed by atoms with Crippen LogP contribution < -0.4 is 5.32 Å². The first-order valence-corrected chi connectivity index (χ1v) is 8.33. The Hall–Kier alpha value is -2.04. The molecule has 3 rings (SSSR count). The normalized spacial score (nSPS) is 22.0. The number of ether oxygens (including phenoxy) is 1. The summed E-state index contributed by atoms with van der Waals surface area (Å²) >= 11 is 0. The number of hydrogen-bond acceptors (Lipinski definition) is 3. The van der Waals surface area contributed by atoms with Gasteiger partial charge in [0.15, 0.2) is 0 Å². The first kappa shape index (κ1) is 15.8. The molecule has 1 N–H and O–H groups in total. The topological polar surface area (TPSA) is 56.1 Å². The predicted molar refractivity (Wildman–Crippen MR) is 90.4 cm³/mol. The minimum Gasteiger partial charge on any atom is -0.444 e. The first-order valence-electron chi connectivity index (χ1n) is 8.33. The lowest BCUT2D eigenvalue weighted by molar-refractivity contribution is 0.0486.